The highest BCUT2D eigenvalue weighted by Crippen LogP contribution is 2.62. The molecule has 3 aliphatic rings. The van der Waals surface area contributed by atoms with E-state index in [1.54, 1.807) is 0 Å². The summed E-state index contributed by atoms with van der Waals surface area (Å²) in [5.41, 5.74) is -0.724. The molecule has 2 saturated carbocycles. The molecule has 3 rings (SSSR count). The maximum absolute atomic E-state index is 12.1. The lowest BCUT2D eigenvalue weighted by atomic mass is 9.79. The van der Waals surface area contributed by atoms with Crippen molar-refractivity contribution in [3.05, 3.63) is 0 Å². The fourth-order valence-electron chi connectivity index (χ4n) is 4.22. The smallest absolute Gasteiger partial charge is 0.311 e. The molecule has 1 aliphatic heterocycles. The van der Waals surface area contributed by atoms with E-state index in [1.165, 1.54) is 0 Å². The standard InChI is InChI=1S/C18H26O6/c1-5-17(2,3)16(21)22-7-6-12(19)23-14-13-10-8-18(14,4)9-11(10)15(20)24-13/h10-11,13-14H,5-9H2,1-4H3. The average molecular weight is 338 g/mol. The van der Waals surface area contributed by atoms with E-state index in [0.717, 1.165) is 12.8 Å². The Kier molecular flexibility index (Phi) is 4.12. The Morgan fingerprint density at radius 2 is 2.04 bits per heavy atom. The lowest BCUT2D eigenvalue weighted by Gasteiger charge is -2.32. The molecule has 5 unspecified atom stereocenters. The third kappa shape index (κ3) is 2.70. The van der Waals surface area contributed by atoms with Crippen LogP contribution in [0.3, 0.4) is 0 Å². The van der Waals surface area contributed by atoms with Gasteiger partial charge < -0.3 is 14.2 Å². The molecule has 2 bridgehead atoms. The fourth-order valence-corrected chi connectivity index (χ4v) is 4.22. The van der Waals surface area contributed by atoms with Gasteiger partial charge in [-0.1, -0.05) is 13.8 Å². The van der Waals surface area contributed by atoms with Crippen LogP contribution in [0.4, 0.5) is 0 Å². The Morgan fingerprint density at radius 1 is 1.33 bits per heavy atom. The predicted octanol–water partition coefficient (Wildman–Crippen LogP) is 2.24. The zero-order valence-corrected chi connectivity index (χ0v) is 14.8. The van der Waals surface area contributed by atoms with Crippen LogP contribution in [0.25, 0.3) is 0 Å². The van der Waals surface area contributed by atoms with Crippen LogP contribution in [0.1, 0.15) is 53.4 Å². The Morgan fingerprint density at radius 3 is 2.71 bits per heavy atom. The zero-order chi connectivity index (χ0) is 17.7. The van der Waals surface area contributed by atoms with E-state index in [1.807, 2.05) is 20.8 Å². The fraction of sp³-hybridized carbons (Fsp3) is 0.833. The van der Waals surface area contributed by atoms with Crippen LogP contribution < -0.4 is 0 Å². The summed E-state index contributed by atoms with van der Waals surface area (Å²) in [7, 11) is 0. The average Bonchev–Trinajstić information content (AvgIpc) is 3.07. The predicted molar refractivity (Wildman–Crippen MR) is 83.7 cm³/mol. The van der Waals surface area contributed by atoms with Gasteiger partial charge in [0.05, 0.1) is 17.8 Å². The number of carbonyl (C=O) groups is 3. The molecule has 5 atom stereocenters. The van der Waals surface area contributed by atoms with Gasteiger partial charge in [0, 0.05) is 11.3 Å². The van der Waals surface area contributed by atoms with Gasteiger partial charge in [0.2, 0.25) is 0 Å². The van der Waals surface area contributed by atoms with E-state index in [2.05, 4.69) is 6.92 Å². The summed E-state index contributed by atoms with van der Waals surface area (Å²) in [5, 5.41) is 0. The van der Waals surface area contributed by atoms with Gasteiger partial charge >= 0.3 is 17.9 Å². The second-order valence-corrected chi connectivity index (χ2v) is 8.27. The van der Waals surface area contributed by atoms with Crippen LogP contribution in [0.2, 0.25) is 0 Å². The quantitative estimate of drug-likeness (QED) is 0.546. The van der Waals surface area contributed by atoms with E-state index in [4.69, 9.17) is 14.2 Å². The lowest BCUT2D eigenvalue weighted by molar-refractivity contribution is -0.168. The highest BCUT2D eigenvalue weighted by atomic mass is 16.6. The van der Waals surface area contributed by atoms with Crippen molar-refractivity contribution in [1.82, 2.24) is 0 Å². The molecule has 0 amide bonds. The largest absolute Gasteiger partial charge is 0.465 e. The number of ether oxygens (including phenoxy) is 3. The molecule has 6 heteroatoms. The molecule has 0 N–H and O–H groups in total. The number of hydrogen-bond acceptors (Lipinski definition) is 6. The minimum Gasteiger partial charge on any atom is -0.465 e. The zero-order valence-electron chi connectivity index (χ0n) is 14.8. The highest BCUT2D eigenvalue weighted by Gasteiger charge is 2.68. The molecule has 6 nitrogen and oxygen atoms in total. The number of fused-ring (bicyclic) bond motifs is 1. The van der Waals surface area contributed by atoms with Gasteiger partial charge in [-0.15, -0.1) is 0 Å². The van der Waals surface area contributed by atoms with Crippen molar-refractivity contribution in [2.75, 3.05) is 6.61 Å². The van der Waals surface area contributed by atoms with Gasteiger partial charge in [-0.2, -0.15) is 0 Å². The summed E-state index contributed by atoms with van der Waals surface area (Å²) in [6.45, 7) is 7.62. The third-order valence-corrected chi connectivity index (χ3v) is 6.10. The minimum absolute atomic E-state index is 0.0149. The van der Waals surface area contributed by atoms with Crippen molar-refractivity contribution >= 4 is 17.9 Å². The molecule has 0 aromatic carbocycles. The van der Waals surface area contributed by atoms with Crippen molar-refractivity contribution in [1.29, 1.82) is 0 Å². The van der Waals surface area contributed by atoms with Gasteiger partial charge in [-0.25, -0.2) is 0 Å². The summed E-state index contributed by atoms with van der Waals surface area (Å²) in [6.07, 6.45) is 1.61. The van der Waals surface area contributed by atoms with Crippen LogP contribution in [0.5, 0.6) is 0 Å². The summed E-state index contributed by atoms with van der Waals surface area (Å²) in [5.74, 6) is -0.703. The van der Waals surface area contributed by atoms with E-state index < -0.39 is 11.4 Å². The second kappa shape index (κ2) is 5.74. The summed E-state index contributed by atoms with van der Waals surface area (Å²) in [6, 6.07) is 0. The molecule has 2 aliphatic carbocycles. The molecule has 0 aromatic heterocycles. The first-order valence-electron chi connectivity index (χ1n) is 8.75. The highest BCUT2D eigenvalue weighted by molar-refractivity contribution is 5.78. The van der Waals surface area contributed by atoms with E-state index in [-0.39, 0.29) is 54.4 Å². The summed E-state index contributed by atoms with van der Waals surface area (Å²) >= 11 is 0. The van der Waals surface area contributed by atoms with Crippen LogP contribution in [0, 0.1) is 22.7 Å². The van der Waals surface area contributed by atoms with Gasteiger partial charge in [-0.3, -0.25) is 14.4 Å². The molecule has 24 heavy (non-hydrogen) atoms. The summed E-state index contributed by atoms with van der Waals surface area (Å²) in [4.78, 5) is 35.8. The number of hydrogen-bond donors (Lipinski definition) is 0. The van der Waals surface area contributed by atoms with Crippen molar-refractivity contribution in [3.63, 3.8) is 0 Å². The summed E-state index contributed by atoms with van der Waals surface area (Å²) < 4.78 is 16.2. The first-order valence-corrected chi connectivity index (χ1v) is 8.75. The molecule has 3 fully saturated rings. The number of esters is 3. The van der Waals surface area contributed by atoms with Crippen molar-refractivity contribution < 1.29 is 28.6 Å². The lowest BCUT2D eigenvalue weighted by Crippen LogP contribution is -2.41. The first-order chi connectivity index (χ1) is 11.2. The topological polar surface area (TPSA) is 78.9 Å². The minimum atomic E-state index is -0.547. The molecule has 0 aromatic rings. The van der Waals surface area contributed by atoms with E-state index in [0.29, 0.717) is 6.42 Å². The van der Waals surface area contributed by atoms with Crippen molar-refractivity contribution in [2.24, 2.45) is 22.7 Å². The molecule has 0 spiro atoms. The van der Waals surface area contributed by atoms with Gasteiger partial charge in [0.1, 0.15) is 18.8 Å². The Labute approximate surface area is 142 Å². The Balaban J connectivity index is 1.50. The van der Waals surface area contributed by atoms with Crippen LogP contribution in [-0.4, -0.2) is 36.7 Å². The van der Waals surface area contributed by atoms with E-state index >= 15 is 0 Å². The monoisotopic (exact) mass is 338 g/mol. The van der Waals surface area contributed by atoms with Crippen molar-refractivity contribution in [2.45, 2.75) is 65.6 Å². The first kappa shape index (κ1) is 17.2. The van der Waals surface area contributed by atoms with Crippen LogP contribution in [-0.2, 0) is 28.6 Å². The number of carbonyl (C=O) groups excluding carboxylic acids is 3. The molecular formula is C18H26O6. The normalized spacial score (nSPS) is 36.6. The van der Waals surface area contributed by atoms with Gasteiger partial charge in [0.15, 0.2) is 0 Å². The number of rotatable bonds is 6. The maximum Gasteiger partial charge on any atom is 0.311 e. The maximum atomic E-state index is 12.1. The van der Waals surface area contributed by atoms with E-state index in [9.17, 15) is 14.4 Å². The molecule has 1 saturated heterocycles. The third-order valence-electron chi connectivity index (χ3n) is 6.10. The molecule has 1 heterocycles. The SMILES string of the molecule is CCC(C)(C)C(=O)OCCC(=O)OC1C2OC(=O)C3CC1(C)CC32. The molecular weight excluding hydrogens is 312 g/mol. The molecule has 134 valence electrons. The molecule has 0 radical (unpaired) electrons. The van der Waals surface area contributed by atoms with Gasteiger partial charge in [0.25, 0.3) is 0 Å². The second-order valence-electron chi connectivity index (χ2n) is 8.27. The van der Waals surface area contributed by atoms with Crippen molar-refractivity contribution in [3.8, 4) is 0 Å². The Bertz CT molecular complexity index is 568. The van der Waals surface area contributed by atoms with Gasteiger partial charge in [-0.05, 0) is 33.1 Å². The Hall–Kier alpha value is -1.59. The van der Waals surface area contributed by atoms with Crippen LogP contribution in [0.15, 0.2) is 0 Å². The van der Waals surface area contributed by atoms with Crippen LogP contribution >= 0.6 is 0 Å².